The fraction of sp³-hybridized carbons (Fsp3) is 0.590. The third-order valence-corrected chi connectivity index (χ3v) is 8.81. The Bertz CT molecular complexity index is 1330. The molecule has 1 unspecified atom stereocenters. The first-order valence-electron chi connectivity index (χ1n) is 17.9. The van der Waals surface area contributed by atoms with E-state index in [0.29, 0.717) is 43.6 Å². The van der Waals surface area contributed by atoms with Crippen LogP contribution in [0.15, 0.2) is 42.5 Å². The monoisotopic (exact) mass is 666 g/mol. The van der Waals surface area contributed by atoms with Crippen LogP contribution in [0.25, 0.3) is 0 Å². The van der Waals surface area contributed by atoms with E-state index in [4.69, 9.17) is 0 Å². The molecule has 0 aromatic heterocycles. The largest absolute Gasteiger partial charge is 0.351 e. The smallest absolute Gasteiger partial charge is 0.253 e. The number of nitrogens with one attached hydrogen (secondary N) is 3. The second-order valence-corrected chi connectivity index (χ2v) is 13.2. The molecule has 2 rings (SSSR count). The number of halogens is 1. The molecule has 0 saturated carbocycles. The molecule has 0 radical (unpaired) electrons. The molecular weight excluding hydrogens is 607 g/mol. The van der Waals surface area contributed by atoms with Crippen LogP contribution in [0.5, 0.6) is 0 Å². The van der Waals surface area contributed by atoms with E-state index < -0.39 is 6.04 Å². The van der Waals surface area contributed by atoms with Crippen LogP contribution < -0.4 is 16.0 Å². The molecule has 0 heterocycles. The Morgan fingerprint density at radius 2 is 1.56 bits per heavy atom. The summed E-state index contributed by atoms with van der Waals surface area (Å²) in [7, 11) is 0. The molecule has 8 nitrogen and oxygen atoms in total. The Labute approximate surface area is 288 Å². The van der Waals surface area contributed by atoms with Crippen LogP contribution in [0.4, 0.5) is 4.39 Å². The number of benzene rings is 2. The van der Waals surface area contributed by atoms with Gasteiger partial charge in [-0.25, -0.2) is 4.39 Å². The lowest BCUT2D eigenvalue weighted by molar-refractivity contribution is -0.124. The zero-order valence-electron chi connectivity index (χ0n) is 30.3. The number of nitrogens with zero attached hydrogens (tertiary/aromatic N) is 1. The van der Waals surface area contributed by atoms with E-state index in [9.17, 15) is 23.6 Å². The first kappa shape index (κ1) is 40.6. The van der Waals surface area contributed by atoms with Crippen LogP contribution in [0, 0.1) is 11.7 Å². The summed E-state index contributed by atoms with van der Waals surface area (Å²) >= 11 is 0. The van der Waals surface area contributed by atoms with Gasteiger partial charge in [-0.2, -0.15) is 0 Å². The molecule has 0 aliphatic carbocycles. The Hall–Kier alpha value is -3.59. The molecule has 0 aliphatic heterocycles. The van der Waals surface area contributed by atoms with Crippen LogP contribution >= 0.6 is 0 Å². The van der Waals surface area contributed by atoms with Gasteiger partial charge >= 0.3 is 0 Å². The highest BCUT2D eigenvalue weighted by Crippen LogP contribution is 2.16. The van der Waals surface area contributed by atoms with Crippen LogP contribution in [0.3, 0.4) is 0 Å². The van der Waals surface area contributed by atoms with Crippen molar-refractivity contribution in [2.45, 2.75) is 124 Å². The minimum Gasteiger partial charge on any atom is -0.351 e. The van der Waals surface area contributed by atoms with Gasteiger partial charge in [-0.15, -0.1) is 0 Å². The second-order valence-electron chi connectivity index (χ2n) is 13.2. The van der Waals surface area contributed by atoms with Gasteiger partial charge in [-0.1, -0.05) is 66.0 Å². The molecule has 9 heteroatoms. The maximum Gasteiger partial charge on any atom is 0.253 e. The highest BCUT2D eigenvalue weighted by molar-refractivity contribution is 5.99. The summed E-state index contributed by atoms with van der Waals surface area (Å²) in [6.45, 7) is 15.3. The minimum atomic E-state index is -0.522. The number of rotatable bonds is 22. The molecule has 0 aliphatic rings. The first-order chi connectivity index (χ1) is 22.9. The van der Waals surface area contributed by atoms with Crippen molar-refractivity contribution >= 4 is 23.5 Å². The van der Waals surface area contributed by atoms with Crippen molar-refractivity contribution in [3.8, 4) is 0 Å². The van der Waals surface area contributed by atoms with Crippen molar-refractivity contribution in [3.05, 3.63) is 70.5 Å². The second kappa shape index (κ2) is 21.4. The maximum absolute atomic E-state index is 14.6. The van der Waals surface area contributed by atoms with E-state index in [-0.39, 0.29) is 53.7 Å². The van der Waals surface area contributed by atoms with Crippen molar-refractivity contribution < 1.29 is 23.6 Å². The van der Waals surface area contributed by atoms with Crippen LogP contribution in [-0.4, -0.2) is 66.2 Å². The molecule has 266 valence electrons. The van der Waals surface area contributed by atoms with Gasteiger partial charge in [-0.05, 0) is 99.9 Å². The molecule has 0 bridgehead atoms. The van der Waals surface area contributed by atoms with Gasteiger partial charge in [0.05, 0.1) is 6.04 Å². The predicted octanol–water partition coefficient (Wildman–Crippen LogP) is 6.65. The van der Waals surface area contributed by atoms with Crippen molar-refractivity contribution in [3.63, 3.8) is 0 Å². The average molecular weight is 667 g/mol. The standard InChI is InChI=1S/C39H59FN4O4/c1-8-12-20-44(19-10-3)39(48)33-16-13-15-32(26-33)38(47)42-35(25-31-22-30(14-9-2)23-34(40)24-31)17-18-41-29(7)37(46)43-36(21-28(6)45)27(5)11-4/h13,15-16,22-24,26-27,29,35-36,41H,8-12,14,17-21,25H2,1-7H3,(H,42,47)(H,43,46)/t27?,29-,35+,36+/m0/s1. The summed E-state index contributed by atoms with van der Waals surface area (Å²) < 4.78 is 14.6. The summed E-state index contributed by atoms with van der Waals surface area (Å²) in [6, 6.07) is 10.7. The van der Waals surface area contributed by atoms with E-state index in [1.807, 2.05) is 38.7 Å². The normalized spacial score (nSPS) is 13.7. The molecule has 0 spiro atoms. The fourth-order valence-corrected chi connectivity index (χ4v) is 5.82. The molecule has 0 saturated heterocycles. The van der Waals surface area contributed by atoms with E-state index >= 15 is 0 Å². The fourth-order valence-electron chi connectivity index (χ4n) is 5.82. The van der Waals surface area contributed by atoms with Crippen molar-refractivity contribution in [2.24, 2.45) is 5.92 Å². The third kappa shape index (κ3) is 13.9. The number of carbonyl (C=O) groups excluding carboxylic acids is 4. The highest BCUT2D eigenvalue weighted by Gasteiger charge is 2.24. The average Bonchev–Trinajstić information content (AvgIpc) is 3.05. The zero-order chi connectivity index (χ0) is 35.6. The van der Waals surface area contributed by atoms with Gasteiger partial charge in [0, 0.05) is 42.7 Å². The Morgan fingerprint density at radius 3 is 2.21 bits per heavy atom. The van der Waals surface area contributed by atoms with E-state index in [1.165, 1.54) is 13.0 Å². The molecule has 3 N–H and O–H groups in total. The molecule has 3 amide bonds. The number of Topliss-reactive ketones (excluding diaryl/α,β-unsaturated/α-hetero) is 1. The van der Waals surface area contributed by atoms with Crippen LogP contribution in [0.1, 0.15) is 125 Å². The third-order valence-electron chi connectivity index (χ3n) is 8.81. The van der Waals surface area contributed by atoms with Crippen molar-refractivity contribution in [2.75, 3.05) is 19.6 Å². The summed E-state index contributed by atoms with van der Waals surface area (Å²) in [5.41, 5.74) is 2.55. The summed E-state index contributed by atoms with van der Waals surface area (Å²) in [4.78, 5) is 53.6. The zero-order valence-corrected chi connectivity index (χ0v) is 30.3. The lowest BCUT2D eigenvalue weighted by Crippen LogP contribution is -2.49. The summed E-state index contributed by atoms with van der Waals surface area (Å²) in [5, 5.41) is 9.42. The first-order valence-corrected chi connectivity index (χ1v) is 17.9. The number of ketones is 1. The molecule has 2 aromatic rings. The van der Waals surface area contributed by atoms with Gasteiger partial charge < -0.3 is 20.9 Å². The van der Waals surface area contributed by atoms with E-state index in [0.717, 1.165) is 49.7 Å². The molecule has 48 heavy (non-hydrogen) atoms. The Kier molecular flexibility index (Phi) is 18.1. The van der Waals surface area contributed by atoms with Crippen LogP contribution in [-0.2, 0) is 22.4 Å². The van der Waals surface area contributed by atoms with Gasteiger partial charge in [0.2, 0.25) is 5.91 Å². The van der Waals surface area contributed by atoms with Crippen molar-refractivity contribution in [1.29, 1.82) is 0 Å². The number of hydrogen-bond acceptors (Lipinski definition) is 5. The quantitative estimate of drug-likeness (QED) is 0.131. The van der Waals surface area contributed by atoms with Gasteiger partial charge in [0.25, 0.3) is 11.8 Å². The summed E-state index contributed by atoms with van der Waals surface area (Å²) in [6.07, 6.45) is 6.40. The van der Waals surface area contributed by atoms with E-state index in [1.54, 1.807) is 37.3 Å². The predicted molar refractivity (Wildman–Crippen MR) is 192 cm³/mol. The maximum atomic E-state index is 14.6. The topological polar surface area (TPSA) is 108 Å². The molecule has 2 aromatic carbocycles. The van der Waals surface area contributed by atoms with Crippen molar-refractivity contribution in [1.82, 2.24) is 20.9 Å². The Balaban J connectivity index is 2.21. The number of unbranched alkanes of at least 4 members (excludes halogenated alkanes) is 1. The van der Waals surface area contributed by atoms with Crippen LogP contribution in [0.2, 0.25) is 0 Å². The number of hydrogen-bond donors (Lipinski definition) is 3. The number of carbonyl (C=O) groups is 4. The van der Waals surface area contributed by atoms with Gasteiger partial charge in [-0.3, -0.25) is 19.2 Å². The molecular formula is C39H59FN4O4. The van der Waals surface area contributed by atoms with E-state index in [2.05, 4.69) is 22.9 Å². The Morgan fingerprint density at radius 1 is 0.854 bits per heavy atom. The molecule has 4 atom stereocenters. The lowest BCUT2D eigenvalue weighted by atomic mass is 9.94. The summed E-state index contributed by atoms with van der Waals surface area (Å²) in [5.74, 6) is -0.708. The highest BCUT2D eigenvalue weighted by atomic mass is 19.1. The number of aryl methyl sites for hydroxylation is 1. The lowest BCUT2D eigenvalue weighted by Gasteiger charge is -2.26. The molecule has 0 fully saturated rings. The number of amides is 3. The SMILES string of the molecule is CCCCN(CCC)C(=O)c1cccc(C(=O)N[C@H](CCN[C@@H](C)C(=O)N[C@H](CC(C)=O)C(C)CC)Cc2cc(F)cc(CCC)c2)c1. The minimum absolute atomic E-state index is 0.0314. The van der Waals surface area contributed by atoms with Gasteiger partial charge in [0.1, 0.15) is 11.6 Å². The van der Waals surface area contributed by atoms with Gasteiger partial charge in [0.15, 0.2) is 0 Å².